The molecule has 1 heterocycles. The van der Waals surface area contributed by atoms with E-state index < -0.39 is 0 Å². The van der Waals surface area contributed by atoms with Gasteiger partial charge in [0.25, 0.3) is 0 Å². The first-order chi connectivity index (χ1) is 7.15. The molecular weight excluding hydrogens is 228 g/mol. The summed E-state index contributed by atoms with van der Waals surface area (Å²) in [7, 11) is 0. The Bertz CT molecular complexity index is 235. The van der Waals surface area contributed by atoms with E-state index in [2.05, 4.69) is 13.5 Å². The zero-order chi connectivity index (χ0) is 11.3. The highest BCUT2D eigenvalue weighted by Gasteiger charge is 2.26. The molecule has 15 heavy (non-hydrogen) atoms. The summed E-state index contributed by atoms with van der Waals surface area (Å²) in [6.45, 7) is 7.35. The minimum atomic E-state index is -0.256. The van der Waals surface area contributed by atoms with Gasteiger partial charge in [-0.15, -0.1) is 23.5 Å². The first-order valence-corrected chi connectivity index (χ1v) is 7.34. The summed E-state index contributed by atoms with van der Waals surface area (Å²) < 4.78 is 5.83. The van der Waals surface area contributed by atoms with Crippen LogP contribution in [0.5, 0.6) is 0 Å². The maximum atomic E-state index is 11.4. The SMILES string of the molecule is C=C(C)C(=O)OC(CC)C1SCCCS1. The van der Waals surface area contributed by atoms with Crippen LogP contribution in [0, 0.1) is 0 Å². The van der Waals surface area contributed by atoms with Gasteiger partial charge in [-0.25, -0.2) is 4.79 Å². The third-order valence-electron chi connectivity index (χ3n) is 2.17. The Balaban J connectivity index is 2.46. The molecule has 1 saturated heterocycles. The van der Waals surface area contributed by atoms with Crippen molar-refractivity contribution in [3.63, 3.8) is 0 Å². The standard InChI is InChI=1S/C11H18O2S2/c1-4-9(13-10(12)8(2)3)11-14-6-5-7-15-11/h9,11H,2,4-7H2,1,3H3. The van der Waals surface area contributed by atoms with Crippen LogP contribution in [-0.2, 0) is 9.53 Å². The van der Waals surface area contributed by atoms with Gasteiger partial charge in [-0.3, -0.25) is 0 Å². The maximum Gasteiger partial charge on any atom is 0.333 e. The van der Waals surface area contributed by atoms with Gasteiger partial charge in [0.1, 0.15) is 6.10 Å². The van der Waals surface area contributed by atoms with Crippen molar-refractivity contribution in [3.8, 4) is 0 Å². The van der Waals surface area contributed by atoms with E-state index in [1.807, 2.05) is 23.5 Å². The Morgan fingerprint density at radius 3 is 2.60 bits per heavy atom. The first-order valence-electron chi connectivity index (χ1n) is 5.24. The van der Waals surface area contributed by atoms with Crippen LogP contribution in [0.1, 0.15) is 26.7 Å². The predicted octanol–water partition coefficient (Wildman–Crippen LogP) is 3.08. The Hall–Kier alpha value is -0.0900. The molecule has 2 nitrogen and oxygen atoms in total. The average molecular weight is 246 g/mol. The number of ether oxygens (including phenoxy) is 1. The van der Waals surface area contributed by atoms with E-state index in [4.69, 9.17) is 4.74 Å². The second kappa shape index (κ2) is 6.48. The lowest BCUT2D eigenvalue weighted by atomic mass is 10.3. The summed E-state index contributed by atoms with van der Waals surface area (Å²) >= 11 is 3.81. The van der Waals surface area contributed by atoms with Crippen molar-refractivity contribution in [2.24, 2.45) is 0 Å². The van der Waals surface area contributed by atoms with Gasteiger partial charge < -0.3 is 4.74 Å². The molecule has 0 aliphatic carbocycles. The van der Waals surface area contributed by atoms with Crippen LogP contribution in [0.25, 0.3) is 0 Å². The van der Waals surface area contributed by atoms with E-state index in [1.54, 1.807) is 6.92 Å². The zero-order valence-corrected chi connectivity index (χ0v) is 11.0. The van der Waals surface area contributed by atoms with Crippen LogP contribution in [-0.4, -0.2) is 28.2 Å². The Morgan fingerprint density at radius 1 is 1.53 bits per heavy atom. The van der Waals surface area contributed by atoms with Crippen LogP contribution in [0.15, 0.2) is 12.2 Å². The van der Waals surface area contributed by atoms with Crippen LogP contribution in [0.3, 0.4) is 0 Å². The third kappa shape index (κ3) is 4.11. The lowest BCUT2D eigenvalue weighted by Gasteiger charge is -2.28. The summed E-state index contributed by atoms with van der Waals surface area (Å²) in [6, 6.07) is 0. The van der Waals surface area contributed by atoms with E-state index in [0.29, 0.717) is 10.2 Å². The molecular formula is C11H18O2S2. The molecule has 1 fully saturated rings. The number of carbonyl (C=O) groups is 1. The van der Waals surface area contributed by atoms with Gasteiger partial charge >= 0.3 is 5.97 Å². The van der Waals surface area contributed by atoms with Gasteiger partial charge in [-0.1, -0.05) is 13.5 Å². The van der Waals surface area contributed by atoms with Crippen molar-refractivity contribution >= 4 is 29.5 Å². The molecule has 1 rings (SSSR count). The van der Waals surface area contributed by atoms with Crippen LogP contribution < -0.4 is 0 Å². The van der Waals surface area contributed by atoms with E-state index in [0.717, 1.165) is 6.42 Å². The molecule has 0 N–H and O–H groups in total. The molecule has 0 aromatic carbocycles. The van der Waals surface area contributed by atoms with Gasteiger partial charge in [-0.05, 0) is 31.3 Å². The minimum absolute atomic E-state index is 0.0319. The molecule has 0 aromatic heterocycles. The molecule has 0 amide bonds. The van der Waals surface area contributed by atoms with E-state index >= 15 is 0 Å². The van der Waals surface area contributed by atoms with E-state index in [1.165, 1.54) is 17.9 Å². The van der Waals surface area contributed by atoms with Crippen molar-refractivity contribution in [2.75, 3.05) is 11.5 Å². The van der Waals surface area contributed by atoms with Crippen molar-refractivity contribution < 1.29 is 9.53 Å². The molecule has 1 unspecified atom stereocenters. The van der Waals surface area contributed by atoms with Crippen molar-refractivity contribution in [1.29, 1.82) is 0 Å². The molecule has 1 atom stereocenters. The third-order valence-corrected chi connectivity index (χ3v) is 5.30. The summed E-state index contributed by atoms with van der Waals surface area (Å²) in [5.41, 5.74) is 0.485. The summed E-state index contributed by atoms with van der Waals surface area (Å²) in [5, 5.41) is 0. The van der Waals surface area contributed by atoms with E-state index in [9.17, 15) is 4.79 Å². The molecule has 86 valence electrons. The molecule has 0 aromatic rings. The fraction of sp³-hybridized carbons (Fsp3) is 0.727. The molecule has 1 aliphatic heterocycles. The Labute approximate surface area is 100 Å². The number of hydrogen-bond acceptors (Lipinski definition) is 4. The normalized spacial score (nSPS) is 19.6. The van der Waals surface area contributed by atoms with Crippen molar-refractivity contribution in [3.05, 3.63) is 12.2 Å². The van der Waals surface area contributed by atoms with Gasteiger partial charge in [0.05, 0.1) is 4.58 Å². The molecule has 0 saturated carbocycles. The van der Waals surface area contributed by atoms with E-state index in [-0.39, 0.29) is 12.1 Å². The van der Waals surface area contributed by atoms with Crippen LogP contribution in [0.2, 0.25) is 0 Å². The smallest absolute Gasteiger partial charge is 0.333 e. The molecule has 0 radical (unpaired) electrons. The zero-order valence-electron chi connectivity index (χ0n) is 9.32. The fourth-order valence-electron chi connectivity index (χ4n) is 1.29. The quantitative estimate of drug-likeness (QED) is 0.562. The summed E-state index contributed by atoms with van der Waals surface area (Å²) in [4.78, 5) is 11.4. The van der Waals surface area contributed by atoms with Crippen LogP contribution in [0.4, 0.5) is 0 Å². The second-order valence-electron chi connectivity index (χ2n) is 3.60. The van der Waals surface area contributed by atoms with Crippen molar-refractivity contribution in [2.45, 2.75) is 37.4 Å². The molecule has 4 heteroatoms. The largest absolute Gasteiger partial charge is 0.457 e. The number of esters is 1. The number of thioether (sulfide) groups is 2. The highest BCUT2D eigenvalue weighted by atomic mass is 32.2. The van der Waals surface area contributed by atoms with Crippen LogP contribution >= 0.6 is 23.5 Å². The predicted molar refractivity (Wildman–Crippen MR) is 68.3 cm³/mol. The first kappa shape index (κ1) is 13.0. The lowest BCUT2D eigenvalue weighted by Crippen LogP contribution is -2.28. The number of rotatable bonds is 4. The highest BCUT2D eigenvalue weighted by molar-refractivity contribution is 8.17. The monoisotopic (exact) mass is 246 g/mol. The highest BCUT2D eigenvalue weighted by Crippen LogP contribution is 2.35. The van der Waals surface area contributed by atoms with Crippen molar-refractivity contribution in [1.82, 2.24) is 0 Å². The molecule has 0 spiro atoms. The maximum absolute atomic E-state index is 11.4. The molecule has 0 bridgehead atoms. The number of carbonyl (C=O) groups excluding carboxylic acids is 1. The molecule has 1 aliphatic rings. The summed E-state index contributed by atoms with van der Waals surface area (Å²) in [6.07, 6.45) is 2.17. The second-order valence-corrected chi connectivity index (χ2v) is 6.39. The van der Waals surface area contributed by atoms with Gasteiger partial charge in [-0.2, -0.15) is 0 Å². The Kier molecular flexibility index (Phi) is 5.61. The van der Waals surface area contributed by atoms with Gasteiger partial charge in [0.15, 0.2) is 0 Å². The minimum Gasteiger partial charge on any atom is -0.457 e. The van der Waals surface area contributed by atoms with Gasteiger partial charge in [0, 0.05) is 5.57 Å². The topological polar surface area (TPSA) is 26.3 Å². The number of hydrogen-bond donors (Lipinski definition) is 0. The lowest BCUT2D eigenvalue weighted by molar-refractivity contribution is -0.143. The Morgan fingerprint density at radius 2 is 2.13 bits per heavy atom. The van der Waals surface area contributed by atoms with Gasteiger partial charge in [0.2, 0.25) is 0 Å². The average Bonchev–Trinajstić information content (AvgIpc) is 2.26. The summed E-state index contributed by atoms with van der Waals surface area (Å²) in [5.74, 6) is 2.10. The fourth-order valence-corrected chi connectivity index (χ4v) is 4.45.